The monoisotopic (exact) mass is 321 g/mol. The second kappa shape index (κ2) is 6.71. The zero-order valence-electron chi connectivity index (χ0n) is 10.2. The van der Waals surface area contributed by atoms with E-state index in [9.17, 15) is 0 Å². The molecule has 0 N–H and O–H groups in total. The molecular weight excluding hydrogens is 317 g/mol. The summed E-state index contributed by atoms with van der Waals surface area (Å²) < 4.78 is 5.33. The number of benzene rings is 1. The van der Waals surface area contributed by atoms with Gasteiger partial charge in [0.05, 0.1) is 15.6 Å². The molecule has 2 rings (SSSR count). The van der Waals surface area contributed by atoms with Crippen LogP contribution in [-0.4, -0.2) is 15.9 Å². The van der Waals surface area contributed by atoms with Gasteiger partial charge in [0.1, 0.15) is 12.1 Å². The minimum atomic E-state index is -0.413. The van der Waals surface area contributed by atoms with E-state index in [1.807, 2.05) is 0 Å². The Morgan fingerprint density at radius 3 is 2.52 bits per heavy atom. The number of aromatic nitrogens is 2. The van der Waals surface area contributed by atoms with Gasteiger partial charge in [-0.1, -0.05) is 34.4 Å². The Morgan fingerprint density at radius 1 is 1.24 bits per heavy atom. The van der Waals surface area contributed by atoms with Crippen LogP contribution in [0, 0.1) is 22.7 Å². The molecule has 104 valence electrons. The largest absolute Gasteiger partial charge is 0.417 e. The van der Waals surface area contributed by atoms with Crippen LogP contribution in [0.5, 0.6) is 0 Å². The highest BCUT2D eigenvalue weighted by atomic mass is 35.5. The first-order valence-corrected chi connectivity index (χ1v) is 6.18. The van der Waals surface area contributed by atoms with E-state index in [0.29, 0.717) is 15.6 Å². The lowest BCUT2D eigenvalue weighted by atomic mass is 10.2. The third-order valence-electron chi connectivity index (χ3n) is 2.20. The van der Waals surface area contributed by atoms with Crippen LogP contribution in [0.4, 0.5) is 0 Å². The van der Waals surface area contributed by atoms with Gasteiger partial charge in [0.15, 0.2) is 6.61 Å². The third kappa shape index (κ3) is 3.48. The van der Waals surface area contributed by atoms with Gasteiger partial charge >= 0.3 is 0 Å². The van der Waals surface area contributed by atoms with Crippen molar-refractivity contribution >= 4 is 28.9 Å². The summed E-state index contributed by atoms with van der Waals surface area (Å²) >= 11 is 12.0. The van der Waals surface area contributed by atoms with Crippen molar-refractivity contribution in [3.63, 3.8) is 0 Å². The molecule has 7 nitrogen and oxygen atoms in total. The molecule has 9 heteroatoms. The molecule has 2 aromatic rings. The van der Waals surface area contributed by atoms with E-state index in [4.69, 9.17) is 43.0 Å². The topological polar surface area (TPSA) is 108 Å². The Kier molecular flexibility index (Phi) is 4.72. The molecule has 0 unspecified atom stereocenters. The number of nitriles is 2. The minimum absolute atomic E-state index is 0.0972. The normalized spacial score (nSPS) is 9.52. The van der Waals surface area contributed by atoms with Gasteiger partial charge in [-0.15, -0.1) is 10.2 Å². The third-order valence-corrected chi connectivity index (χ3v) is 2.83. The van der Waals surface area contributed by atoms with Crippen molar-refractivity contribution in [1.82, 2.24) is 10.2 Å². The Hall–Kier alpha value is -2.61. The lowest BCUT2D eigenvalue weighted by molar-refractivity contribution is 0.112. The van der Waals surface area contributed by atoms with Crippen molar-refractivity contribution in [2.24, 2.45) is 5.16 Å². The zero-order valence-corrected chi connectivity index (χ0v) is 11.8. The smallest absolute Gasteiger partial charge is 0.257 e. The van der Waals surface area contributed by atoms with Gasteiger partial charge in [-0.3, -0.25) is 0 Å². The number of hydrogen-bond donors (Lipinski definition) is 0. The second-order valence-electron chi connectivity index (χ2n) is 3.53. The SMILES string of the molecule is N#CC(C#N)=NOCc1nnc(-c2c(Cl)cccc2Cl)o1. The summed E-state index contributed by atoms with van der Waals surface area (Å²) in [6, 6.07) is 8.06. The summed E-state index contributed by atoms with van der Waals surface area (Å²) in [4.78, 5) is 4.75. The Balaban J connectivity index is 2.15. The molecule has 0 aliphatic rings. The predicted molar refractivity (Wildman–Crippen MR) is 73.2 cm³/mol. The molecular formula is C12H5Cl2N5O2. The molecule has 0 spiro atoms. The van der Waals surface area contributed by atoms with Gasteiger partial charge in [0, 0.05) is 0 Å². The fraction of sp³-hybridized carbons (Fsp3) is 0.0833. The number of nitrogens with zero attached hydrogens (tertiary/aromatic N) is 5. The van der Waals surface area contributed by atoms with Gasteiger partial charge in [-0.2, -0.15) is 10.5 Å². The van der Waals surface area contributed by atoms with E-state index in [1.165, 1.54) is 0 Å². The van der Waals surface area contributed by atoms with Crippen molar-refractivity contribution in [2.75, 3.05) is 0 Å². The van der Waals surface area contributed by atoms with E-state index in [-0.39, 0.29) is 18.4 Å². The Bertz CT molecular complexity index is 736. The highest BCUT2D eigenvalue weighted by Crippen LogP contribution is 2.33. The first-order chi connectivity index (χ1) is 10.2. The molecule has 0 fully saturated rings. The first-order valence-electron chi connectivity index (χ1n) is 5.42. The molecule has 0 aliphatic carbocycles. The van der Waals surface area contributed by atoms with E-state index < -0.39 is 5.71 Å². The van der Waals surface area contributed by atoms with Crippen LogP contribution in [0.3, 0.4) is 0 Å². The fourth-order valence-corrected chi connectivity index (χ4v) is 1.89. The molecule has 0 saturated carbocycles. The Labute approximate surface area is 129 Å². The second-order valence-corrected chi connectivity index (χ2v) is 4.35. The van der Waals surface area contributed by atoms with Gasteiger partial charge in [-0.05, 0) is 12.1 Å². The van der Waals surface area contributed by atoms with Crippen LogP contribution in [-0.2, 0) is 11.4 Å². The van der Waals surface area contributed by atoms with Crippen molar-refractivity contribution < 1.29 is 9.25 Å². The first kappa shape index (κ1) is 14.8. The highest BCUT2D eigenvalue weighted by molar-refractivity contribution is 6.38. The summed E-state index contributed by atoms with van der Waals surface area (Å²) in [6.07, 6.45) is 0. The number of rotatable bonds is 4. The standard InChI is InChI=1S/C12H5Cl2N5O2/c13-8-2-1-3-9(14)11(8)12-18-17-10(21-12)6-20-19-7(4-15)5-16/h1-3H,6H2. The van der Waals surface area contributed by atoms with Gasteiger partial charge in [0.25, 0.3) is 17.5 Å². The molecule has 0 bridgehead atoms. The molecule has 0 radical (unpaired) electrons. The van der Waals surface area contributed by atoms with E-state index in [1.54, 1.807) is 30.3 Å². The number of oxime groups is 1. The van der Waals surface area contributed by atoms with Crippen LogP contribution in [0.15, 0.2) is 27.8 Å². The van der Waals surface area contributed by atoms with E-state index in [2.05, 4.69) is 15.4 Å². The van der Waals surface area contributed by atoms with Gasteiger partial charge in [-0.25, -0.2) is 0 Å². The maximum Gasteiger partial charge on any atom is 0.257 e. The summed E-state index contributed by atoms with van der Waals surface area (Å²) in [5.74, 6) is 0.230. The molecule has 0 aliphatic heterocycles. The highest BCUT2D eigenvalue weighted by Gasteiger charge is 2.15. The van der Waals surface area contributed by atoms with Gasteiger partial charge < -0.3 is 9.25 Å². The summed E-state index contributed by atoms with van der Waals surface area (Å²) in [5.41, 5.74) is 0.00158. The lowest BCUT2D eigenvalue weighted by Crippen LogP contribution is -1.93. The molecule has 1 aromatic carbocycles. The average molecular weight is 322 g/mol. The van der Waals surface area contributed by atoms with E-state index in [0.717, 1.165) is 0 Å². The maximum absolute atomic E-state index is 8.47. The Morgan fingerprint density at radius 2 is 1.90 bits per heavy atom. The average Bonchev–Trinajstić information content (AvgIpc) is 2.92. The van der Waals surface area contributed by atoms with Crippen LogP contribution < -0.4 is 0 Å². The van der Waals surface area contributed by atoms with Crippen molar-refractivity contribution in [2.45, 2.75) is 6.61 Å². The number of hydrogen-bond acceptors (Lipinski definition) is 7. The van der Waals surface area contributed by atoms with Crippen molar-refractivity contribution in [3.05, 3.63) is 34.1 Å². The molecule has 0 atom stereocenters. The quantitative estimate of drug-likeness (QED) is 0.632. The molecule has 1 heterocycles. The molecule has 0 amide bonds. The van der Waals surface area contributed by atoms with Crippen LogP contribution >= 0.6 is 23.2 Å². The molecule has 21 heavy (non-hydrogen) atoms. The van der Waals surface area contributed by atoms with Crippen LogP contribution in [0.1, 0.15) is 5.89 Å². The van der Waals surface area contributed by atoms with Gasteiger partial charge in [0.2, 0.25) is 0 Å². The lowest BCUT2D eigenvalue weighted by Gasteiger charge is -2.00. The maximum atomic E-state index is 8.47. The molecule has 0 saturated heterocycles. The van der Waals surface area contributed by atoms with E-state index >= 15 is 0 Å². The van der Waals surface area contributed by atoms with Crippen LogP contribution in [0.25, 0.3) is 11.5 Å². The minimum Gasteiger partial charge on any atom is -0.417 e. The summed E-state index contributed by atoms with van der Waals surface area (Å²) in [6.45, 7) is -0.193. The van der Waals surface area contributed by atoms with Crippen molar-refractivity contribution in [1.29, 1.82) is 10.5 Å². The fourth-order valence-electron chi connectivity index (χ4n) is 1.33. The van der Waals surface area contributed by atoms with Crippen molar-refractivity contribution in [3.8, 4) is 23.6 Å². The molecule has 1 aromatic heterocycles. The zero-order chi connectivity index (χ0) is 15.2. The number of halogens is 2. The summed E-state index contributed by atoms with van der Waals surface area (Å²) in [7, 11) is 0. The van der Waals surface area contributed by atoms with Crippen LogP contribution in [0.2, 0.25) is 10.0 Å². The summed E-state index contributed by atoms with van der Waals surface area (Å²) in [5, 5.41) is 28.5. The predicted octanol–water partition coefficient (Wildman–Crippen LogP) is 2.96.